The fraction of sp³-hybridized carbons (Fsp3) is 0.300. The first-order valence-electron chi connectivity index (χ1n) is 8.92. The smallest absolute Gasteiger partial charge is 0.267 e. The van der Waals surface area contributed by atoms with Gasteiger partial charge in [0.05, 0.1) is 16.0 Å². The summed E-state index contributed by atoms with van der Waals surface area (Å²) in [6.45, 7) is 6.40. The normalized spacial score (nSPS) is 11.7. The van der Waals surface area contributed by atoms with Gasteiger partial charge in [-0.2, -0.15) is 10.2 Å². The Labute approximate surface area is 161 Å². The number of hydrogen-bond acceptors (Lipinski definition) is 5. The van der Waals surface area contributed by atoms with E-state index in [1.54, 1.807) is 35.6 Å². The predicted octanol–water partition coefficient (Wildman–Crippen LogP) is 3.72. The molecule has 1 amide bonds. The van der Waals surface area contributed by atoms with Gasteiger partial charge in [-0.1, -0.05) is 31.5 Å². The molecular formula is C20H22N4O2S. The molecule has 6 nitrogen and oxygen atoms in total. The Balaban J connectivity index is 1.96. The molecule has 0 aliphatic carbocycles. The van der Waals surface area contributed by atoms with E-state index < -0.39 is 5.91 Å². The van der Waals surface area contributed by atoms with Crippen LogP contribution in [0.4, 0.5) is 0 Å². The van der Waals surface area contributed by atoms with Gasteiger partial charge in [0, 0.05) is 16.8 Å². The van der Waals surface area contributed by atoms with Gasteiger partial charge in [0.1, 0.15) is 0 Å². The van der Waals surface area contributed by atoms with Crippen LogP contribution in [0.3, 0.4) is 0 Å². The lowest BCUT2D eigenvalue weighted by atomic mass is 10.1. The topological polar surface area (TPSA) is 76.3 Å². The highest BCUT2D eigenvalue weighted by atomic mass is 32.1. The van der Waals surface area contributed by atoms with E-state index in [1.807, 2.05) is 32.9 Å². The summed E-state index contributed by atoms with van der Waals surface area (Å²) in [7, 11) is 0. The van der Waals surface area contributed by atoms with Crippen molar-refractivity contribution in [3.8, 4) is 0 Å². The summed E-state index contributed by atoms with van der Waals surface area (Å²) in [6, 6.07) is 11.0. The lowest BCUT2D eigenvalue weighted by molar-refractivity contribution is 0.0949. The lowest BCUT2D eigenvalue weighted by Crippen LogP contribution is -2.29. The molecule has 0 atom stereocenters. The molecule has 0 aliphatic heterocycles. The van der Waals surface area contributed by atoms with Crippen LogP contribution in [0.25, 0.3) is 10.8 Å². The van der Waals surface area contributed by atoms with Crippen LogP contribution in [0.2, 0.25) is 0 Å². The fourth-order valence-electron chi connectivity index (χ4n) is 2.73. The number of benzene rings is 1. The van der Waals surface area contributed by atoms with E-state index in [0.29, 0.717) is 17.3 Å². The molecule has 3 aromatic rings. The van der Waals surface area contributed by atoms with Crippen molar-refractivity contribution in [1.29, 1.82) is 0 Å². The van der Waals surface area contributed by atoms with Crippen molar-refractivity contribution in [2.75, 3.05) is 0 Å². The maximum Gasteiger partial charge on any atom is 0.292 e. The molecule has 0 aliphatic rings. The SMILES string of the molecule is CCCCn1nc(C(=O)N/N=C(/C)c2ccc(C)s2)c2ccccc2c1=O. The van der Waals surface area contributed by atoms with Gasteiger partial charge in [0.2, 0.25) is 0 Å². The summed E-state index contributed by atoms with van der Waals surface area (Å²) in [5.74, 6) is -0.427. The molecule has 0 saturated heterocycles. The van der Waals surface area contributed by atoms with Gasteiger partial charge in [-0.25, -0.2) is 10.1 Å². The number of unbranched alkanes of at least 4 members (excludes halogenated alkanes) is 1. The first-order valence-corrected chi connectivity index (χ1v) is 9.74. The van der Waals surface area contributed by atoms with Crippen LogP contribution in [0, 0.1) is 6.92 Å². The lowest BCUT2D eigenvalue weighted by Gasteiger charge is -2.10. The van der Waals surface area contributed by atoms with Crippen LogP contribution in [-0.2, 0) is 6.54 Å². The number of hydrazone groups is 1. The Kier molecular flexibility index (Phi) is 5.81. The minimum absolute atomic E-state index is 0.177. The van der Waals surface area contributed by atoms with Crippen molar-refractivity contribution in [3.05, 3.63) is 62.2 Å². The van der Waals surface area contributed by atoms with Gasteiger partial charge < -0.3 is 0 Å². The zero-order chi connectivity index (χ0) is 19.4. The van der Waals surface area contributed by atoms with Crippen LogP contribution >= 0.6 is 11.3 Å². The predicted molar refractivity (Wildman–Crippen MR) is 110 cm³/mol. The monoisotopic (exact) mass is 382 g/mol. The molecule has 0 fully saturated rings. The van der Waals surface area contributed by atoms with E-state index in [2.05, 4.69) is 15.6 Å². The molecule has 27 heavy (non-hydrogen) atoms. The van der Waals surface area contributed by atoms with Gasteiger partial charge in [-0.15, -0.1) is 11.3 Å². The fourth-order valence-corrected chi connectivity index (χ4v) is 3.55. The first kappa shape index (κ1) is 19.0. The van der Waals surface area contributed by atoms with Gasteiger partial charge in [-0.05, 0) is 38.5 Å². The minimum Gasteiger partial charge on any atom is -0.267 e. The summed E-state index contributed by atoms with van der Waals surface area (Å²) in [4.78, 5) is 27.5. The van der Waals surface area contributed by atoms with Crippen LogP contribution in [0.5, 0.6) is 0 Å². The zero-order valence-corrected chi connectivity index (χ0v) is 16.5. The molecule has 0 radical (unpaired) electrons. The molecule has 2 heterocycles. The number of hydrogen-bond donors (Lipinski definition) is 1. The van der Waals surface area contributed by atoms with Crippen molar-refractivity contribution in [3.63, 3.8) is 0 Å². The van der Waals surface area contributed by atoms with Crippen LogP contribution in [0.15, 0.2) is 46.3 Å². The average molecular weight is 382 g/mol. The number of nitrogens with one attached hydrogen (secondary N) is 1. The largest absolute Gasteiger partial charge is 0.292 e. The standard InChI is InChI=1S/C20H22N4O2S/c1-4-5-12-24-20(26)16-9-7-6-8-15(16)18(23-24)19(25)22-21-14(3)17-11-10-13(2)27-17/h6-11H,4-5,12H2,1-3H3,(H,22,25)/b21-14-. The maximum atomic E-state index is 12.7. The number of thiophene rings is 1. The highest BCUT2D eigenvalue weighted by Crippen LogP contribution is 2.16. The molecular weight excluding hydrogens is 360 g/mol. The summed E-state index contributed by atoms with van der Waals surface area (Å²) < 4.78 is 1.37. The summed E-state index contributed by atoms with van der Waals surface area (Å²) >= 11 is 1.62. The van der Waals surface area contributed by atoms with Crippen molar-refractivity contribution in [2.24, 2.45) is 5.10 Å². The number of nitrogens with zero attached hydrogens (tertiary/aromatic N) is 3. The molecule has 2 aromatic heterocycles. The molecule has 0 saturated carbocycles. The second-order valence-corrected chi connectivity index (χ2v) is 7.61. The van der Waals surface area contributed by atoms with Crippen LogP contribution in [-0.4, -0.2) is 21.4 Å². The molecule has 0 bridgehead atoms. The first-order chi connectivity index (χ1) is 13.0. The molecule has 1 N–H and O–H groups in total. The third-order valence-corrected chi connectivity index (χ3v) is 5.34. The van der Waals surface area contributed by atoms with E-state index in [0.717, 1.165) is 23.4 Å². The second-order valence-electron chi connectivity index (χ2n) is 6.32. The number of amides is 1. The van der Waals surface area contributed by atoms with Crippen molar-refractivity contribution in [1.82, 2.24) is 15.2 Å². The average Bonchev–Trinajstić information content (AvgIpc) is 3.12. The van der Waals surface area contributed by atoms with Crippen molar-refractivity contribution < 1.29 is 4.79 Å². The summed E-state index contributed by atoms with van der Waals surface area (Å²) in [5, 5.41) is 9.55. The molecule has 140 valence electrons. The molecule has 3 rings (SSSR count). The minimum atomic E-state index is -0.427. The van der Waals surface area contributed by atoms with E-state index in [9.17, 15) is 9.59 Å². The number of rotatable bonds is 6. The van der Waals surface area contributed by atoms with Crippen LogP contribution < -0.4 is 11.0 Å². The van der Waals surface area contributed by atoms with Crippen molar-refractivity contribution in [2.45, 2.75) is 40.2 Å². The third kappa shape index (κ3) is 4.14. The van der Waals surface area contributed by atoms with E-state index in [-0.39, 0.29) is 11.3 Å². The Bertz CT molecular complexity index is 1070. The number of aryl methyl sites for hydroxylation is 2. The number of fused-ring (bicyclic) bond motifs is 1. The van der Waals surface area contributed by atoms with Gasteiger partial charge in [0.25, 0.3) is 11.5 Å². The second kappa shape index (κ2) is 8.26. The zero-order valence-electron chi connectivity index (χ0n) is 15.7. The Morgan fingerprint density at radius 1 is 1.22 bits per heavy atom. The van der Waals surface area contributed by atoms with Crippen molar-refractivity contribution >= 4 is 33.7 Å². The number of carbonyl (C=O) groups is 1. The van der Waals surface area contributed by atoms with Crippen LogP contribution in [0.1, 0.15) is 46.9 Å². The summed E-state index contributed by atoms with van der Waals surface area (Å²) in [6.07, 6.45) is 1.76. The maximum absolute atomic E-state index is 12.7. The Morgan fingerprint density at radius 3 is 2.63 bits per heavy atom. The summed E-state index contributed by atoms with van der Waals surface area (Å²) in [5.41, 5.74) is 3.34. The van der Waals surface area contributed by atoms with E-state index in [1.165, 1.54) is 9.56 Å². The molecule has 7 heteroatoms. The van der Waals surface area contributed by atoms with Gasteiger partial charge in [0.15, 0.2) is 5.69 Å². The highest BCUT2D eigenvalue weighted by molar-refractivity contribution is 7.14. The number of carbonyl (C=O) groups excluding carboxylic acids is 1. The Hall–Kier alpha value is -2.80. The highest BCUT2D eigenvalue weighted by Gasteiger charge is 2.16. The number of aromatic nitrogens is 2. The molecule has 0 spiro atoms. The quantitative estimate of drug-likeness (QED) is 0.521. The molecule has 0 unspecified atom stereocenters. The van der Waals surface area contributed by atoms with E-state index in [4.69, 9.17) is 0 Å². The van der Waals surface area contributed by atoms with E-state index >= 15 is 0 Å². The van der Waals surface area contributed by atoms with Gasteiger partial charge in [-0.3, -0.25) is 9.59 Å². The third-order valence-electron chi connectivity index (χ3n) is 4.23. The molecule has 1 aromatic carbocycles. The Morgan fingerprint density at radius 2 is 1.96 bits per heavy atom. The van der Waals surface area contributed by atoms with Gasteiger partial charge >= 0.3 is 0 Å².